The van der Waals surface area contributed by atoms with Crippen molar-refractivity contribution >= 4 is 9.84 Å². The summed E-state index contributed by atoms with van der Waals surface area (Å²) < 4.78 is 61.7. The predicted octanol–water partition coefficient (Wildman–Crippen LogP) is 1.66. The van der Waals surface area contributed by atoms with Crippen molar-refractivity contribution in [3.63, 3.8) is 0 Å². The molecule has 114 valence electrons. The fourth-order valence-corrected chi connectivity index (χ4v) is 2.69. The standard InChI is InChI=1S/C12H11F3N2O3S/c13-12(14,15)11-5-6-17(16-11)9-1-3-10(4-2-9)21(19,20)8-7-18/h1-6,18H,7-8H2. The molecule has 1 N–H and O–H groups in total. The van der Waals surface area contributed by atoms with Crippen molar-refractivity contribution in [2.75, 3.05) is 12.4 Å². The average molecular weight is 320 g/mol. The van der Waals surface area contributed by atoms with E-state index in [0.29, 0.717) is 5.69 Å². The Balaban J connectivity index is 2.29. The Bertz CT molecular complexity index is 721. The lowest BCUT2D eigenvalue weighted by Gasteiger charge is -2.05. The SMILES string of the molecule is O=S(=O)(CCO)c1ccc(-n2ccc(C(F)(F)F)n2)cc1. The number of sulfone groups is 1. The van der Waals surface area contributed by atoms with Gasteiger partial charge in [0.25, 0.3) is 0 Å². The van der Waals surface area contributed by atoms with E-state index >= 15 is 0 Å². The van der Waals surface area contributed by atoms with E-state index in [1.54, 1.807) is 0 Å². The second-order valence-electron chi connectivity index (χ2n) is 4.18. The monoisotopic (exact) mass is 320 g/mol. The molecule has 5 nitrogen and oxygen atoms in total. The van der Waals surface area contributed by atoms with Crippen LogP contribution in [0.15, 0.2) is 41.4 Å². The number of rotatable bonds is 4. The van der Waals surface area contributed by atoms with E-state index in [0.717, 1.165) is 16.9 Å². The number of aliphatic hydroxyl groups is 1. The molecule has 0 amide bonds. The molecule has 0 bridgehead atoms. The number of halogens is 3. The first-order valence-corrected chi connectivity index (χ1v) is 7.46. The van der Waals surface area contributed by atoms with Crippen LogP contribution >= 0.6 is 0 Å². The van der Waals surface area contributed by atoms with E-state index < -0.39 is 34.1 Å². The van der Waals surface area contributed by atoms with E-state index in [-0.39, 0.29) is 4.90 Å². The lowest BCUT2D eigenvalue weighted by molar-refractivity contribution is -0.141. The topological polar surface area (TPSA) is 72.2 Å². The van der Waals surface area contributed by atoms with E-state index in [1.165, 1.54) is 24.3 Å². The first kappa shape index (κ1) is 15.5. The second-order valence-corrected chi connectivity index (χ2v) is 6.29. The van der Waals surface area contributed by atoms with Gasteiger partial charge in [0.15, 0.2) is 15.5 Å². The summed E-state index contributed by atoms with van der Waals surface area (Å²) in [6, 6.07) is 6.04. The summed E-state index contributed by atoms with van der Waals surface area (Å²) >= 11 is 0. The van der Waals surface area contributed by atoms with Gasteiger partial charge in [-0.25, -0.2) is 13.1 Å². The zero-order valence-electron chi connectivity index (χ0n) is 10.6. The Labute approximate surface area is 118 Å². The van der Waals surface area contributed by atoms with Crippen molar-refractivity contribution in [3.8, 4) is 5.69 Å². The zero-order chi connectivity index (χ0) is 15.7. The molecule has 9 heteroatoms. The molecule has 1 aromatic heterocycles. The largest absolute Gasteiger partial charge is 0.435 e. The summed E-state index contributed by atoms with van der Waals surface area (Å²) in [5.74, 6) is -0.410. The van der Waals surface area contributed by atoms with Crippen LogP contribution in [0.2, 0.25) is 0 Å². The minimum atomic E-state index is -4.53. The van der Waals surface area contributed by atoms with Crippen LogP contribution in [0.4, 0.5) is 13.2 Å². The third kappa shape index (κ3) is 3.42. The predicted molar refractivity (Wildman–Crippen MR) is 67.7 cm³/mol. The van der Waals surface area contributed by atoms with Gasteiger partial charge in [0, 0.05) is 6.20 Å². The van der Waals surface area contributed by atoms with Crippen molar-refractivity contribution in [1.29, 1.82) is 0 Å². The molecule has 0 aliphatic rings. The summed E-state index contributed by atoms with van der Waals surface area (Å²) in [4.78, 5) is -0.0106. The molecule has 0 fully saturated rings. The summed E-state index contributed by atoms with van der Waals surface area (Å²) in [5, 5.41) is 12.1. The number of aromatic nitrogens is 2. The van der Waals surface area contributed by atoms with Crippen molar-refractivity contribution in [1.82, 2.24) is 9.78 Å². The van der Waals surface area contributed by atoms with Gasteiger partial charge in [-0.15, -0.1) is 0 Å². The Morgan fingerprint density at radius 2 is 1.76 bits per heavy atom. The number of hydrogen-bond acceptors (Lipinski definition) is 4. The number of aliphatic hydroxyl groups excluding tert-OH is 1. The highest BCUT2D eigenvalue weighted by molar-refractivity contribution is 7.91. The molecule has 1 heterocycles. The van der Waals surface area contributed by atoms with Gasteiger partial charge in [0.2, 0.25) is 0 Å². The second kappa shape index (κ2) is 5.49. The fraction of sp³-hybridized carbons (Fsp3) is 0.250. The molecule has 2 rings (SSSR count). The number of alkyl halides is 3. The summed E-state index contributed by atoms with van der Waals surface area (Å²) in [6.07, 6.45) is -3.39. The molecule has 0 aliphatic heterocycles. The van der Waals surface area contributed by atoms with Gasteiger partial charge in [-0.05, 0) is 30.3 Å². The first-order chi connectivity index (χ1) is 9.74. The van der Waals surface area contributed by atoms with Crippen molar-refractivity contribution < 1.29 is 26.7 Å². The Hall–Kier alpha value is -1.87. The van der Waals surface area contributed by atoms with Gasteiger partial charge < -0.3 is 5.11 Å². The molecule has 0 saturated heterocycles. The van der Waals surface area contributed by atoms with Crippen LogP contribution in [0, 0.1) is 0 Å². The highest BCUT2D eigenvalue weighted by Crippen LogP contribution is 2.28. The van der Waals surface area contributed by atoms with Gasteiger partial charge in [-0.1, -0.05) is 0 Å². The molecule has 0 aliphatic carbocycles. The van der Waals surface area contributed by atoms with Crippen LogP contribution in [0.3, 0.4) is 0 Å². The molecule has 0 spiro atoms. The Morgan fingerprint density at radius 1 is 1.14 bits per heavy atom. The molecule has 0 radical (unpaired) electrons. The molecular weight excluding hydrogens is 309 g/mol. The third-order valence-electron chi connectivity index (χ3n) is 2.70. The third-order valence-corrected chi connectivity index (χ3v) is 4.41. The first-order valence-electron chi connectivity index (χ1n) is 5.81. The molecule has 0 unspecified atom stereocenters. The number of nitrogens with zero attached hydrogens (tertiary/aromatic N) is 2. The Kier molecular flexibility index (Phi) is 4.06. The van der Waals surface area contributed by atoms with Crippen LogP contribution < -0.4 is 0 Å². The molecule has 0 atom stereocenters. The van der Waals surface area contributed by atoms with E-state index in [1.807, 2.05) is 0 Å². The molecule has 2 aromatic rings. The van der Waals surface area contributed by atoms with E-state index in [9.17, 15) is 21.6 Å². The zero-order valence-corrected chi connectivity index (χ0v) is 11.4. The number of hydrogen-bond donors (Lipinski definition) is 1. The van der Waals surface area contributed by atoms with E-state index in [4.69, 9.17) is 5.11 Å². The normalized spacial score (nSPS) is 12.6. The lowest BCUT2D eigenvalue weighted by atomic mass is 10.3. The summed E-state index contributed by atoms with van der Waals surface area (Å²) in [7, 11) is -3.59. The average Bonchev–Trinajstić information content (AvgIpc) is 2.88. The van der Waals surface area contributed by atoms with Crippen LogP contribution in [0.5, 0.6) is 0 Å². The maximum Gasteiger partial charge on any atom is 0.435 e. The summed E-state index contributed by atoms with van der Waals surface area (Å²) in [5.41, 5.74) is -0.729. The van der Waals surface area contributed by atoms with Gasteiger partial charge in [0.05, 0.1) is 22.9 Å². The minimum absolute atomic E-state index is 0.0106. The van der Waals surface area contributed by atoms with Gasteiger partial charge in [-0.3, -0.25) is 0 Å². The number of benzene rings is 1. The van der Waals surface area contributed by atoms with Crippen molar-refractivity contribution in [3.05, 3.63) is 42.2 Å². The van der Waals surface area contributed by atoms with Crippen molar-refractivity contribution in [2.24, 2.45) is 0 Å². The Morgan fingerprint density at radius 3 is 2.24 bits per heavy atom. The maximum atomic E-state index is 12.4. The molecule has 0 saturated carbocycles. The quantitative estimate of drug-likeness (QED) is 0.930. The molecule has 21 heavy (non-hydrogen) atoms. The lowest BCUT2D eigenvalue weighted by Crippen LogP contribution is -2.10. The van der Waals surface area contributed by atoms with Crippen LogP contribution in [0.25, 0.3) is 5.69 Å². The van der Waals surface area contributed by atoms with Gasteiger partial charge in [0.1, 0.15) is 0 Å². The van der Waals surface area contributed by atoms with Crippen LogP contribution in [-0.4, -0.2) is 35.7 Å². The fourth-order valence-electron chi connectivity index (χ4n) is 1.66. The molecular formula is C12H11F3N2O3S. The molecule has 1 aromatic carbocycles. The van der Waals surface area contributed by atoms with Crippen LogP contribution in [-0.2, 0) is 16.0 Å². The van der Waals surface area contributed by atoms with Crippen molar-refractivity contribution in [2.45, 2.75) is 11.1 Å². The van der Waals surface area contributed by atoms with E-state index in [2.05, 4.69) is 5.10 Å². The van der Waals surface area contributed by atoms with Gasteiger partial charge in [-0.2, -0.15) is 18.3 Å². The smallest absolute Gasteiger partial charge is 0.395 e. The van der Waals surface area contributed by atoms with Gasteiger partial charge >= 0.3 is 6.18 Å². The minimum Gasteiger partial charge on any atom is -0.395 e. The van der Waals surface area contributed by atoms with Crippen LogP contribution in [0.1, 0.15) is 5.69 Å². The maximum absolute atomic E-state index is 12.4. The highest BCUT2D eigenvalue weighted by Gasteiger charge is 2.33. The highest BCUT2D eigenvalue weighted by atomic mass is 32.2. The summed E-state index contributed by atoms with van der Waals surface area (Å²) in [6.45, 7) is -0.502.